The maximum Gasteiger partial charge on any atom is 0.404 e. The second-order valence-corrected chi connectivity index (χ2v) is 1.94. The smallest absolute Gasteiger partial charge is 0.404 e. The lowest BCUT2D eigenvalue weighted by molar-refractivity contribution is 0.163. The van der Waals surface area contributed by atoms with Crippen molar-refractivity contribution in [2.75, 3.05) is 6.61 Å². The molecule has 0 aliphatic carbocycles. The number of oxime groups is 1. The zero-order valence-electron chi connectivity index (χ0n) is 7.70. The van der Waals surface area contributed by atoms with Crippen molar-refractivity contribution in [1.29, 1.82) is 0 Å². The van der Waals surface area contributed by atoms with E-state index in [1.54, 1.807) is 13.8 Å². The van der Waals surface area contributed by atoms with Crippen LogP contribution in [-0.4, -0.2) is 23.6 Å². The molecule has 0 heterocycles. The first kappa shape index (κ1) is 13.3. The molecule has 0 fully saturated rings. The van der Waals surface area contributed by atoms with Gasteiger partial charge < -0.3 is 15.7 Å². The van der Waals surface area contributed by atoms with E-state index < -0.39 is 6.09 Å². The summed E-state index contributed by atoms with van der Waals surface area (Å²) < 4.78 is 4.18. The van der Waals surface area contributed by atoms with E-state index in [2.05, 4.69) is 15.6 Å². The van der Waals surface area contributed by atoms with Crippen molar-refractivity contribution in [3.63, 3.8) is 0 Å². The van der Waals surface area contributed by atoms with Gasteiger partial charge in [-0.15, -0.1) is 0 Å². The predicted octanol–water partition coefficient (Wildman–Crippen LogP) is 1.35. The third kappa shape index (κ3) is 15.9. The van der Waals surface area contributed by atoms with Gasteiger partial charge in [0.15, 0.2) is 0 Å². The summed E-state index contributed by atoms with van der Waals surface area (Å²) in [7, 11) is 0. The van der Waals surface area contributed by atoms with Gasteiger partial charge in [0, 0.05) is 0 Å². The Morgan fingerprint density at radius 1 is 1.58 bits per heavy atom. The predicted molar refractivity (Wildman–Crippen MR) is 46.4 cm³/mol. The van der Waals surface area contributed by atoms with Gasteiger partial charge in [-0.3, -0.25) is 0 Å². The van der Waals surface area contributed by atoms with E-state index in [1.807, 2.05) is 6.92 Å². The van der Waals surface area contributed by atoms with Crippen LogP contribution in [-0.2, 0) is 4.74 Å². The molecule has 0 aliphatic heterocycles. The quantitative estimate of drug-likeness (QED) is 0.378. The summed E-state index contributed by atoms with van der Waals surface area (Å²) in [4.78, 5) is 9.60. The van der Waals surface area contributed by atoms with Gasteiger partial charge in [0.1, 0.15) is 0 Å². The van der Waals surface area contributed by atoms with Gasteiger partial charge in [0.25, 0.3) is 0 Å². The SMILES string of the molecule is CC/C(C)=N\O.CCOC(N)=O. The van der Waals surface area contributed by atoms with Crippen LogP contribution in [0.5, 0.6) is 0 Å². The number of nitrogens with zero attached hydrogens (tertiary/aromatic N) is 1. The second kappa shape index (κ2) is 9.74. The molecule has 0 aromatic carbocycles. The molecule has 0 unspecified atom stereocenters. The molecule has 5 heteroatoms. The monoisotopic (exact) mass is 176 g/mol. The molecule has 0 saturated heterocycles. The molecule has 1 amide bonds. The Balaban J connectivity index is 0. The number of carbonyl (C=O) groups is 1. The molecule has 12 heavy (non-hydrogen) atoms. The molecule has 5 nitrogen and oxygen atoms in total. The maximum absolute atomic E-state index is 9.60. The van der Waals surface area contributed by atoms with Crippen LogP contribution in [0, 0.1) is 0 Å². The minimum atomic E-state index is -0.711. The Hall–Kier alpha value is -1.26. The zero-order chi connectivity index (χ0) is 9.98. The maximum atomic E-state index is 9.60. The van der Waals surface area contributed by atoms with Gasteiger partial charge in [-0.25, -0.2) is 4.79 Å². The number of amides is 1. The number of nitrogens with two attached hydrogens (primary N) is 1. The molecule has 0 aromatic rings. The van der Waals surface area contributed by atoms with E-state index in [0.717, 1.165) is 12.1 Å². The van der Waals surface area contributed by atoms with Crippen molar-refractivity contribution in [2.45, 2.75) is 27.2 Å². The number of hydrogen-bond donors (Lipinski definition) is 2. The van der Waals surface area contributed by atoms with Crippen molar-refractivity contribution in [2.24, 2.45) is 10.9 Å². The average molecular weight is 176 g/mol. The minimum absolute atomic E-state index is 0.356. The molecular formula is C7H16N2O3. The molecule has 0 saturated carbocycles. The van der Waals surface area contributed by atoms with Crippen LogP contribution in [0.4, 0.5) is 4.79 Å². The van der Waals surface area contributed by atoms with Gasteiger partial charge in [0.05, 0.1) is 12.3 Å². The topological polar surface area (TPSA) is 84.9 Å². The highest BCUT2D eigenvalue weighted by atomic mass is 16.5. The van der Waals surface area contributed by atoms with Gasteiger partial charge in [-0.2, -0.15) is 0 Å². The van der Waals surface area contributed by atoms with E-state index in [4.69, 9.17) is 5.21 Å². The molecule has 0 radical (unpaired) electrons. The molecule has 0 rings (SSSR count). The molecule has 72 valence electrons. The molecule has 0 aliphatic rings. The van der Waals surface area contributed by atoms with Crippen LogP contribution in [0.15, 0.2) is 5.16 Å². The number of carbonyl (C=O) groups excluding carboxylic acids is 1. The third-order valence-corrected chi connectivity index (χ3v) is 0.969. The Morgan fingerprint density at radius 2 is 2.08 bits per heavy atom. The van der Waals surface area contributed by atoms with Crippen LogP contribution < -0.4 is 5.73 Å². The van der Waals surface area contributed by atoms with E-state index >= 15 is 0 Å². The highest BCUT2D eigenvalue weighted by Crippen LogP contribution is 1.78. The fourth-order valence-electron chi connectivity index (χ4n) is 0.213. The Kier molecular flexibility index (Phi) is 10.8. The number of ether oxygens (including phenoxy) is 1. The normalized spacial score (nSPS) is 9.75. The van der Waals surface area contributed by atoms with Crippen LogP contribution in [0.3, 0.4) is 0 Å². The summed E-state index contributed by atoms with van der Waals surface area (Å²) in [6.07, 6.45) is 0.119. The molecule has 0 spiro atoms. The first-order valence-corrected chi connectivity index (χ1v) is 3.68. The van der Waals surface area contributed by atoms with Crippen LogP contribution >= 0.6 is 0 Å². The van der Waals surface area contributed by atoms with Gasteiger partial charge >= 0.3 is 6.09 Å². The van der Waals surface area contributed by atoms with E-state index in [-0.39, 0.29) is 0 Å². The van der Waals surface area contributed by atoms with Crippen molar-refractivity contribution in [1.82, 2.24) is 0 Å². The Morgan fingerprint density at radius 3 is 2.08 bits per heavy atom. The Labute approximate surface area is 72.2 Å². The molecule has 3 N–H and O–H groups in total. The lowest BCUT2D eigenvalue weighted by Gasteiger charge is -1.89. The standard InChI is InChI=1S/C4H9NO.C3H7NO2/c1-3-4(2)5-6;1-2-6-3(4)5/h6H,3H2,1-2H3;2H2,1H3,(H2,4,5)/b5-4-;. The molecule has 0 atom stereocenters. The summed E-state index contributed by atoms with van der Waals surface area (Å²) in [6, 6.07) is 0. The first-order valence-electron chi connectivity index (χ1n) is 3.68. The van der Waals surface area contributed by atoms with Crippen LogP contribution in [0.25, 0.3) is 0 Å². The number of primary amides is 1. The minimum Gasteiger partial charge on any atom is -0.450 e. The van der Waals surface area contributed by atoms with Crippen molar-refractivity contribution in [3.05, 3.63) is 0 Å². The van der Waals surface area contributed by atoms with E-state index in [1.165, 1.54) is 0 Å². The third-order valence-electron chi connectivity index (χ3n) is 0.969. The van der Waals surface area contributed by atoms with Gasteiger partial charge in [-0.05, 0) is 20.3 Å². The second-order valence-electron chi connectivity index (χ2n) is 1.94. The zero-order valence-corrected chi connectivity index (χ0v) is 7.70. The summed E-state index contributed by atoms with van der Waals surface area (Å²) in [5.41, 5.74) is 5.31. The molecule has 0 bridgehead atoms. The van der Waals surface area contributed by atoms with Gasteiger partial charge in [0.2, 0.25) is 0 Å². The van der Waals surface area contributed by atoms with Crippen molar-refractivity contribution < 1.29 is 14.7 Å². The number of hydrogen-bond acceptors (Lipinski definition) is 4. The highest BCUT2D eigenvalue weighted by Gasteiger charge is 1.82. The molecular weight excluding hydrogens is 160 g/mol. The van der Waals surface area contributed by atoms with Crippen molar-refractivity contribution in [3.8, 4) is 0 Å². The average Bonchev–Trinajstić information content (AvgIpc) is 2.04. The van der Waals surface area contributed by atoms with Crippen LogP contribution in [0.2, 0.25) is 0 Å². The summed E-state index contributed by atoms with van der Waals surface area (Å²) in [5, 5.41) is 10.8. The van der Waals surface area contributed by atoms with Crippen LogP contribution in [0.1, 0.15) is 27.2 Å². The fraction of sp³-hybridized carbons (Fsp3) is 0.714. The Bertz CT molecular complexity index is 146. The van der Waals surface area contributed by atoms with Gasteiger partial charge in [-0.1, -0.05) is 12.1 Å². The first-order chi connectivity index (χ1) is 5.58. The highest BCUT2D eigenvalue weighted by molar-refractivity contribution is 5.80. The van der Waals surface area contributed by atoms with E-state index in [0.29, 0.717) is 6.61 Å². The van der Waals surface area contributed by atoms with E-state index in [9.17, 15) is 4.79 Å². The summed E-state index contributed by atoms with van der Waals surface area (Å²) in [5.74, 6) is 0. The molecule has 0 aromatic heterocycles. The lowest BCUT2D eigenvalue weighted by Crippen LogP contribution is -2.11. The number of rotatable bonds is 2. The van der Waals surface area contributed by atoms with Crippen molar-refractivity contribution >= 4 is 11.8 Å². The summed E-state index contributed by atoms with van der Waals surface area (Å²) in [6.45, 7) is 5.77. The summed E-state index contributed by atoms with van der Waals surface area (Å²) >= 11 is 0. The largest absolute Gasteiger partial charge is 0.450 e. The fourth-order valence-corrected chi connectivity index (χ4v) is 0.213. The lowest BCUT2D eigenvalue weighted by atomic mass is 10.3.